The summed E-state index contributed by atoms with van der Waals surface area (Å²) in [6, 6.07) is 1.90. The van der Waals surface area contributed by atoms with Crippen molar-refractivity contribution in [1.29, 1.82) is 0 Å². The number of carbonyl (C=O) groups excluding carboxylic acids is 1. The molecule has 21 heavy (non-hydrogen) atoms. The molecule has 0 saturated carbocycles. The van der Waals surface area contributed by atoms with E-state index in [-0.39, 0.29) is 11.3 Å². The van der Waals surface area contributed by atoms with E-state index in [0.717, 1.165) is 15.6 Å². The lowest BCUT2D eigenvalue weighted by molar-refractivity contribution is -0.129. The number of alkyl halides is 1. The van der Waals surface area contributed by atoms with E-state index < -0.39 is 5.41 Å². The molecule has 0 radical (unpaired) electrons. The van der Waals surface area contributed by atoms with Crippen molar-refractivity contribution in [3.63, 3.8) is 0 Å². The van der Waals surface area contributed by atoms with Gasteiger partial charge in [-0.15, -0.1) is 11.6 Å². The van der Waals surface area contributed by atoms with Gasteiger partial charge in [0.1, 0.15) is 11.3 Å². The second-order valence-electron chi connectivity index (χ2n) is 5.63. The van der Waals surface area contributed by atoms with Crippen LogP contribution in [-0.2, 0) is 11.3 Å². The molecule has 0 saturated heterocycles. The van der Waals surface area contributed by atoms with Crippen molar-refractivity contribution in [2.24, 2.45) is 5.41 Å². The van der Waals surface area contributed by atoms with Gasteiger partial charge in [-0.05, 0) is 42.8 Å². The van der Waals surface area contributed by atoms with Gasteiger partial charge in [0.2, 0.25) is 5.91 Å². The minimum absolute atomic E-state index is 0.0327. The van der Waals surface area contributed by atoms with Crippen LogP contribution in [-0.4, -0.2) is 27.5 Å². The van der Waals surface area contributed by atoms with Crippen LogP contribution in [0.5, 0.6) is 0 Å². The normalized spacial score (nSPS) is 13.4. The van der Waals surface area contributed by atoms with Gasteiger partial charge in [0, 0.05) is 24.3 Å². The average Bonchev–Trinajstić information content (AvgIpc) is 2.75. The summed E-state index contributed by atoms with van der Waals surface area (Å²) in [6.45, 7) is 6.10. The number of imidazole rings is 1. The zero-order valence-corrected chi connectivity index (χ0v) is 14.8. The summed E-state index contributed by atoms with van der Waals surface area (Å²) in [5.74, 6) is 0.684. The van der Waals surface area contributed by atoms with Gasteiger partial charge in [0.05, 0.1) is 10.8 Å². The summed E-state index contributed by atoms with van der Waals surface area (Å²) in [4.78, 5) is 21.0. The lowest BCUT2D eigenvalue weighted by Crippen LogP contribution is -2.38. The number of hydrogen-bond donors (Lipinski definition) is 1. The number of amides is 1. The molecule has 7 heteroatoms. The standard InChI is InChI=1S/C14H18BrClN4O/c1-8(16)11-19-10-5-9(15)6-18-12(10)20(11)7-14(2,3)13(21)17-4/h5-6,8H,7H2,1-4H3,(H,17,21). The monoisotopic (exact) mass is 372 g/mol. The maximum Gasteiger partial charge on any atom is 0.227 e. The van der Waals surface area contributed by atoms with Crippen LogP contribution in [0.25, 0.3) is 11.2 Å². The molecule has 1 atom stereocenters. The molecule has 1 N–H and O–H groups in total. The van der Waals surface area contributed by atoms with E-state index in [1.165, 1.54) is 0 Å². The highest BCUT2D eigenvalue weighted by molar-refractivity contribution is 9.10. The molecule has 2 heterocycles. The maximum atomic E-state index is 12.0. The number of fused-ring (bicyclic) bond motifs is 1. The van der Waals surface area contributed by atoms with Crippen LogP contribution >= 0.6 is 27.5 Å². The van der Waals surface area contributed by atoms with Gasteiger partial charge in [-0.25, -0.2) is 9.97 Å². The second-order valence-corrected chi connectivity index (χ2v) is 7.20. The van der Waals surface area contributed by atoms with E-state index in [2.05, 4.69) is 31.2 Å². The first-order chi connectivity index (χ1) is 9.76. The van der Waals surface area contributed by atoms with Gasteiger partial charge in [0.15, 0.2) is 5.65 Å². The Balaban J connectivity index is 2.56. The number of rotatable bonds is 4. The average molecular weight is 374 g/mol. The number of nitrogens with one attached hydrogen (secondary N) is 1. The lowest BCUT2D eigenvalue weighted by Gasteiger charge is -2.24. The number of hydrogen-bond acceptors (Lipinski definition) is 3. The fraction of sp³-hybridized carbons (Fsp3) is 0.500. The number of halogens is 2. The van der Waals surface area contributed by atoms with Gasteiger partial charge in [-0.2, -0.15) is 0 Å². The van der Waals surface area contributed by atoms with E-state index in [1.807, 2.05) is 31.4 Å². The molecule has 1 amide bonds. The van der Waals surface area contributed by atoms with E-state index >= 15 is 0 Å². The van der Waals surface area contributed by atoms with E-state index in [1.54, 1.807) is 13.2 Å². The van der Waals surface area contributed by atoms with Crippen molar-refractivity contribution in [1.82, 2.24) is 19.9 Å². The summed E-state index contributed by atoms with van der Waals surface area (Å²) in [7, 11) is 1.64. The molecule has 1 unspecified atom stereocenters. The third kappa shape index (κ3) is 3.21. The first-order valence-electron chi connectivity index (χ1n) is 6.64. The second kappa shape index (κ2) is 5.93. The van der Waals surface area contributed by atoms with Gasteiger partial charge >= 0.3 is 0 Å². The Bertz CT molecular complexity index is 681. The third-order valence-corrected chi connectivity index (χ3v) is 3.96. The Labute approximate surface area is 137 Å². The summed E-state index contributed by atoms with van der Waals surface area (Å²) < 4.78 is 2.79. The number of aromatic nitrogens is 3. The van der Waals surface area contributed by atoms with Crippen LogP contribution in [0.3, 0.4) is 0 Å². The highest BCUT2D eigenvalue weighted by Crippen LogP contribution is 2.29. The molecule has 2 aromatic rings. The fourth-order valence-corrected chi connectivity index (χ4v) is 2.75. The molecule has 0 aliphatic heterocycles. The van der Waals surface area contributed by atoms with Crippen molar-refractivity contribution in [3.8, 4) is 0 Å². The fourth-order valence-electron chi connectivity index (χ4n) is 2.27. The Morgan fingerprint density at radius 3 is 2.81 bits per heavy atom. The van der Waals surface area contributed by atoms with Crippen LogP contribution in [0.4, 0.5) is 0 Å². The number of pyridine rings is 1. The predicted octanol–water partition coefficient (Wildman–Crippen LogP) is 3.27. The van der Waals surface area contributed by atoms with Gasteiger partial charge in [-0.1, -0.05) is 0 Å². The van der Waals surface area contributed by atoms with Crippen molar-refractivity contribution in [3.05, 3.63) is 22.6 Å². The molecule has 5 nitrogen and oxygen atoms in total. The molecule has 114 valence electrons. The SMILES string of the molecule is CNC(=O)C(C)(C)Cn1c(C(C)Cl)nc2cc(Br)cnc21. The van der Waals surface area contributed by atoms with Gasteiger partial charge in [-0.3, -0.25) is 4.79 Å². The van der Waals surface area contributed by atoms with Crippen LogP contribution in [0.1, 0.15) is 32.0 Å². The molecule has 0 aliphatic rings. The molecule has 0 bridgehead atoms. The van der Waals surface area contributed by atoms with Crippen molar-refractivity contribution >= 4 is 44.6 Å². The summed E-state index contributed by atoms with van der Waals surface area (Å²) in [6.07, 6.45) is 1.72. The molecule has 0 aromatic carbocycles. The van der Waals surface area contributed by atoms with Crippen LogP contribution in [0, 0.1) is 5.41 Å². The summed E-state index contributed by atoms with van der Waals surface area (Å²) in [5.41, 5.74) is 0.912. The first-order valence-corrected chi connectivity index (χ1v) is 7.87. The van der Waals surface area contributed by atoms with Crippen LogP contribution in [0.2, 0.25) is 0 Å². The van der Waals surface area contributed by atoms with Crippen LogP contribution < -0.4 is 5.32 Å². The number of nitrogens with zero attached hydrogens (tertiary/aromatic N) is 3. The summed E-state index contributed by atoms with van der Waals surface area (Å²) >= 11 is 9.63. The largest absolute Gasteiger partial charge is 0.359 e. The Kier molecular flexibility index (Phi) is 4.58. The van der Waals surface area contributed by atoms with E-state index in [4.69, 9.17) is 11.6 Å². The third-order valence-electron chi connectivity index (χ3n) is 3.33. The quantitative estimate of drug-likeness (QED) is 0.837. The Hall–Kier alpha value is -1.14. The molecular formula is C14H18BrClN4O. The van der Waals surface area contributed by atoms with E-state index in [0.29, 0.717) is 12.4 Å². The molecule has 0 aliphatic carbocycles. The molecule has 0 fully saturated rings. The Morgan fingerprint density at radius 2 is 2.24 bits per heavy atom. The number of carbonyl (C=O) groups is 1. The molecule has 2 aromatic heterocycles. The van der Waals surface area contributed by atoms with Gasteiger partial charge in [0.25, 0.3) is 0 Å². The van der Waals surface area contributed by atoms with Crippen molar-refractivity contribution < 1.29 is 4.79 Å². The van der Waals surface area contributed by atoms with Gasteiger partial charge < -0.3 is 9.88 Å². The Morgan fingerprint density at radius 1 is 1.57 bits per heavy atom. The maximum absolute atomic E-state index is 12.0. The predicted molar refractivity (Wildman–Crippen MR) is 87.3 cm³/mol. The highest BCUT2D eigenvalue weighted by atomic mass is 79.9. The minimum Gasteiger partial charge on any atom is -0.359 e. The molecular weight excluding hydrogens is 356 g/mol. The first kappa shape index (κ1) is 16.2. The van der Waals surface area contributed by atoms with E-state index in [9.17, 15) is 4.79 Å². The summed E-state index contributed by atoms with van der Waals surface area (Å²) in [5, 5.41) is 2.42. The zero-order chi connectivity index (χ0) is 15.8. The molecule has 0 spiro atoms. The van der Waals surface area contributed by atoms with Crippen molar-refractivity contribution in [2.45, 2.75) is 32.7 Å². The minimum atomic E-state index is -0.586. The zero-order valence-electron chi connectivity index (χ0n) is 12.4. The van der Waals surface area contributed by atoms with Crippen molar-refractivity contribution in [2.75, 3.05) is 7.05 Å². The van der Waals surface area contributed by atoms with Crippen LogP contribution in [0.15, 0.2) is 16.7 Å². The smallest absolute Gasteiger partial charge is 0.227 e. The molecule has 2 rings (SSSR count). The topological polar surface area (TPSA) is 59.8 Å². The lowest BCUT2D eigenvalue weighted by atomic mass is 9.92. The highest BCUT2D eigenvalue weighted by Gasteiger charge is 2.30.